The molecule has 3 rings (SSSR count). The van der Waals surface area contributed by atoms with E-state index in [9.17, 15) is 14.0 Å². The van der Waals surface area contributed by atoms with Crippen LogP contribution in [-0.4, -0.2) is 21.6 Å². The molecule has 3 aromatic rings. The molecule has 0 radical (unpaired) electrons. The number of carbonyl (C=O) groups excluding carboxylic acids is 1. The van der Waals surface area contributed by atoms with E-state index in [4.69, 9.17) is 10.5 Å². The van der Waals surface area contributed by atoms with Gasteiger partial charge in [-0.1, -0.05) is 6.07 Å². The molecule has 1 aromatic heterocycles. The minimum Gasteiger partial charge on any atom is -0.484 e. The fourth-order valence-corrected chi connectivity index (χ4v) is 2.37. The summed E-state index contributed by atoms with van der Waals surface area (Å²) in [6, 6.07) is 10.3. The molecule has 0 fully saturated rings. The minimum atomic E-state index is -0.560. The lowest BCUT2D eigenvalue weighted by Gasteiger charge is -2.06. The number of rotatable bonds is 3. The topological polar surface area (TPSA) is 79.2 Å². The Morgan fingerprint density at radius 2 is 2.00 bits per heavy atom. The first-order chi connectivity index (χ1) is 11.0. The number of nitrogens with two attached hydrogens (primary N) is 1. The number of imidazole rings is 1. The highest BCUT2D eigenvalue weighted by atomic mass is 19.1. The van der Waals surface area contributed by atoms with E-state index < -0.39 is 24.0 Å². The number of hydrogen-bond donors (Lipinski definition) is 1. The van der Waals surface area contributed by atoms with Gasteiger partial charge in [-0.15, -0.1) is 0 Å². The predicted molar refractivity (Wildman–Crippen MR) is 84.1 cm³/mol. The van der Waals surface area contributed by atoms with Gasteiger partial charge >= 0.3 is 5.69 Å². The van der Waals surface area contributed by atoms with E-state index in [2.05, 4.69) is 0 Å². The van der Waals surface area contributed by atoms with E-state index >= 15 is 0 Å². The van der Waals surface area contributed by atoms with Crippen LogP contribution in [0.5, 0.6) is 5.75 Å². The largest absolute Gasteiger partial charge is 0.484 e. The van der Waals surface area contributed by atoms with E-state index in [0.717, 1.165) is 10.6 Å². The SMILES string of the molecule is Cn1c(=O)n(C(=O)COc2cccc(F)c2)c2cc(N)ccc21. The van der Waals surface area contributed by atoms with Crippen LogP contribution in [0.4, 0.5) is 10.1 Å². The minimum absolute atomic E-state index is 0.214. The van der Waals surface area contributed by atoms with Crippen molar-refractivity contribution in [1.29, 1.82) is 0 Å². The maximum atomic E-state index is 13.1. The smallest absolute Gasteiger partial charge is 0.335 e. The second-order valence-electron chi connectivity index (χ2n) is 5.06. The van der Waals surface area contributed by atoms with Gasteiger partial charge in [0.2, 0.25) is 0 Å². The number of benzene rings is 2. The summed E-state index contributed by atoms with van der Waals surface area (Å²) in [4.78, 5) is 24.6. The summed E-state index contributed by atoms with van der Waals surface area (Å²) in [5, 5.41) is 0. The number of aromatic nitrogens is 2. The van der Waals surface area contributed by atoms with Crippen LogP contribution in [0.3, 0.4) is 0 Å². The zero-order chi connectivity index (χ0) is 16.6. The Labute approximate surface area is 130 Å². The molecule has 2 aromatic carbocycles. The van der Waals surface area contributed by atoms with Crippen LogP contribution in [0.25, 0.3) is 11.0 Å². The lowest BCUT2D eigenvalue weighted by atomic mass is 10.3. The number of carbonyl (C=O) groups is 1. The Morgan fingerprint density at radius 3 is 2.74 bits per heavy atom. The summed E-state index contributed by atoms with van der Waals surface area (Å²) in [6.45, 7) is -0.392. The molecule has 23 heavy (non-hydrogen) atoms. The normalized spacial score (nSPS) is 10.9. The van der Waals surface area contributed by atoms with Crippen molar-refractivity contribution in [3.63, 3.8) is 0 Å². The average Bonchev–Trinajstić information content (AvgIpc) is 2.76. The molecule has 0 saturated carbocycles. The fourth-order valence-electron chi connectivity index (χ4n) is 2.37. The molecular weight excluding hydrogens is 301 g/mol. The highest BCUT2D eigenvalue weighted by molar-refractivity contribution is 5.92. The van der Waals surface area contributed by atoms with Gasteiger partial charge in [-0.25, -0.2) is 13.8 Å². The van der Waals surface area contributed by atoms with Crippen molar-refractivity contribution in [1.82, 2.24) is 9.13 Å². The van der Waals surface area contributed by atoms with Gasteiger partial charge in [0.15, 0.2) is 6.61 Å². The molecular formula is C16H14FN3O3. The van der Waals surface area contributed by atoms with Crippen molar-refractivity contribution in [2.75, 3.05) is 12.3 Å². The molecule has 0 atom stereocenters. The van der Waals surface area contributed by atoms with Gasteiger partial charge in [-0.3, -0.25) is 9.36 Å². The predicted octanol–water partition coefficient (Wildman–Crippen LogP) is 1.78. The molecule has 0 bridgehead atoms. The van der Waals surface area contributed by atoms with Gasteiger partial charge in [0.1, 0.15) is 11.6 Å². The summed E-state index contributed by atoms with van der Waals surface area (Å²) in [5.41, 5.74) is 6.67. The lowest BCUT2D eigenvalue weighted by molar-refractivity contribution is 0.0837. The molecule has 0 unspecified atom stereocenters. The van der Waals surface area contributed by atoms with Crippen molar-refractivity contribution in [2.24, 2.45) is 7.05 Å². The van der Waals surface area contributed by atoms with Crippen LogP contribution in [0, 0.1) is 5.82 Å². The van der Waals surface area contributed by atoms with Gasteiger partial charge in [0.05, 0.1) is 11.0 Å². The zero-order valence-electron chi connectivity index (χ0n) is 12.3. The highest BCUT2D eigenvalue weighted by Crippen LogP contribution is 2.16. The quantitative estimate of drug-likeness (QED) is 0.747. The molecule has 6 nitrogen and oxygen atoms in total. The molecule has 0 aliphatic rings. The van der Waals surface area contributed by atoms with Gasteiger partial charge in [0.25, 0.3) is 5.91 Å². The molecule has 118 valence electrons. The highest BCUT2D eigenvalue weighted by Gasteiger charge is 2.17. The number of halogens is 1. The first kappa shape index (κ1) is 14.8. The van der Waals surface area contributed by atoms with Gasteiger partial charge < -0.3 is 10.5 Å². The van der Waals surface area contributed by atoms with Gasteiger partial charge in [-0.2, -0.15) is 0 Å². The van der Waals surface area contributed by atoms with E-state index in [-0.39, 0.29) is 5.75 Å². The Bertz CT molecular complexity index is 959. The Balaban J connectivity index is 1.93. The van der Waals surface area contributed by atoms with Crippen LogP contribution in [0.1, 0.15) is 4.79 Å². The summed E-state index contributed by atoms with van der Waals surface area (Å²) in [6.07, 6.45) is 0. The third-order valence-electron chi connectivity index (χ3n) is 3.49. The number of ether oxygens (including phenoxy) is 1. The number of anilines is 1. The Kier molecular flexibility index (Phi) is 3.61. The summed E-state index contributed by atoms with van der Waals surface area (Å²) < 4.78 is 20.7. The van der Waals surface area contributed by atoms with Gasteiger partial charge in [-0.05, 0) is 30.3 Å². The van der Waals surface area contributed by atoms with Gasteiger partial charge in [0, 0.05) is 18.8 Å². The monoisotopic (exact) mass is 315 g/mol. The van der Waals surface area contributed by atoms with E-state index in [1.165, 1.54) is 22.8 Å². The van der Waals surface area contributed by atoms with Crippen LogP contribution < -0.4 is 16.2 Å². The molecule has 0 amide bonds. The Hall–Kier alpha value is -3.09. The lowest BCUT2D eigenvalue weighted by Crippen LogP contribution is -2.31. The molecule has 2 N–H and O–H groups in total. The van der Waals surface area contributed by atoms with Crippen molar-refractivity contribution in [3.05, 3.63) is 58.8 Å². The van der Waals surface area contributed by atoms with E-state index in [1.807, 2.05) is 0 Å². The zero-order valence-corrected chi connectivity index (χ0v) is 12.3. The van der Waals surface area contributed by atoms with Crippen molar-refractivity contribution in [3.8, 4) is 5.75 Å². The van der Waals surface area contributed by atoms with Crippen LogP contribution in [-0.2, 0) is 7.05 Å². The van der Waals surface area contributed by atoms with Crippen molar-refractivity contribution in [2.45, 2.75) is 0 Å². The van der Waals surface area contributed by atoms with Crippen LogP contribution >= 0.6 is 0 Å². The third kappa shape index (κ3) is 2.68. The second-order valence-corrected chi connectivity index (χ2v) is 5.06. The van der Waals surface area contributed by atoms with E-state index in [0.29, 0.717) is 16.7 Å². The number of nitrogens with zero attached hydrogens (tertiary/aromatic N) is 2. The van der Waals surface area contributed by atoms with Crippen molar-refractivity contribution < 1.29 is 13.9 Å². The number of aryl methyl sites for hydroxylation is 1. The summed E-state index contributed by atoms with van der Waals surface area (Å²) >= 11 is 0. The van der Waals surface area contributed by atoms with Crippen LogP contribution in [0.15, 0.2) is 47.3 Å². The number of nitrogen functional groups attached to an aromatic ring is 1. The first-order valence-electron chi connectivity index (χ1n) is 6.86. The standard InChI is InChI=1S/C16H14FN3O3/c1-19-13-6-5-11(18)8-14(13)20(16(19)22)15(21)9-23-12-4-2-3-10(17)7-12/h2-8H,9,18H2,1H3. The molecule has 0 saturated heterocycles. The Morgan fingerprint density at radius 1 is 1.22 bits per heavy atom. The van der Waals surface area contributed by atoms with E-state index in [1.54, 1.807) is 25.2 Å². The number of fused-ring (bicyclic) bond motifs is 1. The summed E-state index contributed by atoms with van der Waals surface area (Å²) in [5.74, 6) is -0.813. The fraction of sp³-hybridized carbons (Fsp3) is 0.125. The maximum Gasteiger partial charge on any atom is 0.335 e. The second kappa shape index (κ2) is 5.60. The van der Waals surface area contributed by atoms with Crippen molar-refractivity contribution >= 4 is 22.6 Å². The maximum absolute atomic E-state index is 13.1. The molecule has 1 heterocycles. The molecule has 0 aliphatic carbocycles. The summed E-state index contributed by atoms with van der Waals surface area (Å²) in [7, 11) is 1.57. The molecule has 0 aliphatic heterocycles. The molecule has 7 heteroatoms. The molecule has 0 spiro atoms. The van der Waals surface area contributed by atoms with Crippen LogP contribution in [0.2, 0.25) is 0 Å². The first-order valence-corrected chi connectivity index (χ1v) is 6.86. The third-order valence-corrected chi connectivity index (χ3v) is 3.49. The number of hydrogen-bond acceptors (Lipinski definition) is 4. The average molecular weight is 315 g/mol.